The molecule has 2 heterocycles. The normalized spacial score (nSPS) is 16.5. The summed E-state index contributed by atoms with van der Waals surface area (Å²) in [6.45, 7) is 0. The van der Waals surface area contributed by atoms with Crippen LogP contribution in [0.25, 0.3) is 11.6 Å². The van der Waals surface area contributed by atoms with Crippen LogP contribution in [-0.2, 0) is 4.79 Å². The van der Waals surface area contributed by atoms with Crippen LogP contribution in [0, 0.1) is 0 Å². The average molecular weight is 227 g/mol. The molecule has 2 aromatic rings. The maximum atomic E-state index is 11.2. The van der Waals surface area contributed by atoms with Crippen LogP contribution in [0.15, 0.2) is 30.4 Å². The zero-order chi connectivity index (χ0) is 11.7. The second-order valence-corrected chi connectivity index (χ2v) is 4.35. The lowest BCUT2D eigenvalue weighted by Gasteiger charge is -2.12. The summed E-state index contributed by atoms with van der Waals surface area (Å²) in [7, 11) is 0. The largest absolute Gasteiger partial charge is 0.300 e. The van der Waals surface area contributed by atoms with Crippen molar-refractivity contribution in [2.75, 3.05) is 0 Å². The molecule has 0 amide bonds. The van der Waals surface area contributed by atoms with Crippen molar-refractivity contribution in [2.45, 2.75) is 25.7 Å². The molecule has 2 aromatic heterocycles. The molecule has 1 saturated carbocycles. The van der Waals surface area contributed by atoms with Gasteiger partial charge in [0.05, 0.1) is 11.7 Å². The van der Waals surface area contributed by atoms with Crippen LogP contribution < -0.4 is 0 Å². The quantitative estimate of drug-likeness (QED) is 0.750. The zero-order valence-electron chi connectivity index (χ0n) is 9.47. The number of aromatic nitrogens is 3. The summed E-state index contributed by atoms with van der Waals surface area (Å²) in [5.74, 6) is 0.382. The molecule has 0 bridgehead atoms. The number of nitrogens with zero attached hydrogens (tertiary/aromatic N) is 3. The van der Waals surface area contributed by atoms with E-state index in [1.54, 1.807) is 0 Å². The van der Waals surface area contributed by atoms with Crippen LogP contribution in [0.5, 0.6) is 0 Å². The number of hydrogen-bond acceptors (Lipinski definition) is 3. The first-order valence-corrected chi connectivity index (χ1v) is 5.81. The van der Waals surface area contributed by atoms with E-state index in [0.29, 0.717) is 18.6 Å². The molecule has 4 heteroatoms. The van der Waals surface area contributed by atoms with E-state index in [2.05, 4.69) is 16.2 Å². The molecule has 4 nitrogen and oxygen atoms in total. The van der Waals surface area contributed by atoms with Crippen molar-refractivity contribution >= 4 is 17.4 Å². The first-order chi connectivity index (χ1) is 8.33. The maximum absolute atomic E-state index is 11.2. The highest BCUT2D eigenvalue weighted by atomic mass is 16.1. The summed E-state index contributed by atoms with van der Waals surface area (Å²) in [6.07, 6.45) is 10.6. The molecule has 0 radical (unpaired) electrons. The second-order valence-electron chi connectivity index (χ2n) is 4.35. The SMILES string of the molecule is O=C1CCC(=Cc2ccn3ncncc23)CC1. The van der Waals surface area contributed by atoms with Crippen LogP contribution in [0.2, 0.25) is 0 Å². The van der Waals surface area contributed by atoms with Crippen molar-refractivity contribution < 1.29 is 4.79 Å². The lowest BCUT2D eigenvalue weighted by atomic mass is 9.92. The van der Waals surface area contributed by atoms with Crippen LogP contribution >= 0.6 is 0 Å². The highest BCUT2D eigenvalue weighted by Crippen LogP contribution is 2.24. The van der Waals surface area contributed by atoms with Crippen molar-refractivity contribution in [2.24, 2.45) is 0 Å². The second kappa shape index (κ2) is 4.13. The number of ketones is 1. The van der Waals surface area contributed by atoms with Crippen molar-refractivity contribution in [1.29, 1.82) is 0 Å². The Hall–Kier alpha value is -1.97. The lowest BCUT2D eigenvalue weighted by Crippen LogP contribution is -2.05. The Kier molecular flexibility index (Phi) is 2.48. The topological polar surface area (TPSA) is 47.3 Å². The Morgan fingerprint density at radius 3 is 2.88 bits per heavy atom. The van der Waals surface area contributed by atoms with Gasteiger partial charge in [0, 0.05) is 24.6 Å². The summed E-state index contributed by atoms with van der Waals surface area (Å²) in [5, 5.41) is 4.13. The predicted octanol–water partition coefficient (Wildman–Crippen LogP) is 2.26. The summed E-state index contributed by atoms with van der Waals surface area (Å²) in [6, 6.07) is 2.04. The summed E-state index contributed by atoms with van der Waals surface area (Å²) in [5.41, 5.74) is 3.49. The number of allylic oxidation sites excluding steroid dienone is 1. The number of carbonyl (C=O) groups excluding carboxylic acids is 1. The lowest BCUT2D eigenvalue weighted by molar-refractivity contribution is -0.119. The highest BCUT2D eigenvalue weighted by molar-refractivity contribution is 5.81. The molecule has 3 rings (SSSR count). The third-order valence-corrected chi connectivity index (χ3v) is 3.19. The van der Waals surface area contributed by atoms with Gasteiger partial charge in [-0.25, -0.2) is 9.50 Å². The van der Waals surface area contributed by atoms with E-state index in [4.69, 9.17) is 0 Å². The third kappa shape index (κ3) is 1.98. The minimum atomic E-state index is 0.382. The van der Waals surface area contributed by atoms with Crippen LogP contribution in [-0.4, -0.2) is 20.4 Å². The van der Waals surface area contributed by atoms with Gasteiger partial charge in [-0.2, -0.15) is 5.10 Å². The van der Waals surface area contributed by atoms with Gasteiger partial charge in [0.15, 0.2) is 0 Å². The Balaban J connectivity index is 1.94. The molecule has 17 heavy (non-hydrogen) atoms. The molecule has 1 aliphatic rings. The number of hydrogen-bond donors (Lipinski definition) is 0. The van der Waals surface area contributed by atoms with E-state index >= 15 is 0 Å². The Bertz CT molecular complexity index is 585. The molecule has 0 unspecified atom stereocenters. The van der Waals surface area contributed by atoms with Crippen molar-refractivity contribution in [1.82, 2.24) is 14.6 Å². The zero-order valence-corrected chi connectivity index (χ0v) is 9.47. The molecular weight excluding hydrogens is 214 g/mol. The monoisotopic (exact) mass is 227 g/mol. The third-order valence-electron chi connectivity index (χ3n) is 3.19. The first kappa shape index (κ1) is 10.2. The minimum absolute atomic E-state index is 0.382. The number of carbonyl (C=O) groups is 1. The van der Waals surface area contributed by atoms with Crippen molar-refractivity contribution in [3.05, 3.63) is 35.9 Å². The molecule has 0 atom stereocenters. The van der Waals surface area contributed by atoms with E-state index in [1.165, 1.54) is 11.9 Å². The Labute approximate surface area is 99.0 Å². The van der Waals surface area contributed by atoms with Gasteiger partial charge in [-0.05, 0) is 18.9 Å². The smallest absolute Gasteiger partial charge is 0.136 e. The molecule has 0 aromatic carbocycles. The number of rotatable bonds is 1. The number of fused-ring (bicyclic) bond motifs is 1. The molecule has 1 aliphatic carbocycles. The molecule has 0 saturated heterocycles. The van der Waals surface area contributed by atoms with Gasteiger partial charge in [-0.15, -0.1) is 0 Å². The van der Waals surface area contributed by atoms with Crippen molar-refractivity contribution in [3.63, 3.8) is 0 Å². The first-order valence-electron chi connectivity index (χ1n) is 5.81. The Morgan fingerprint density at radius 2 is 2.06 bits per heavy atom. The van der Waals surface area contributed by atoms with Gasteiger partial charge in [0.1, 0.15) is 12.1 Å². The van der Waals surface area contributed by atoms with Crippen LogP contribution in [0.1, 0.15) is 31.2 Å². The van der Waals surface area contributed by atoms with Gasteiger partial charge in [-0.3, -0.25) is 4.79 Å². The highest BCUT2D eigenvalue weighted by Gasteiger charge is 2.13. The predicted molar refractivity (Wildman–Crippen MR) is 64.4 cm³/mol. The fourth-order valence-corrected chi connectivity index (χ4v) is 2.21. The van der Waals surface area contributed by atoms with E-state index in [9.17, 15) is 4.79 Å². The van der Waals surface area contributed by atoms with Gasteiger partial charge in [0.25, 0.3) is 0 Å². The van der Waals surface area contributed by atoms with Crippen LogP contribution in [0.4, 0.5) is 0 Å². The fraction of sp³-hybridized carbons (Fsp3) is 0.308. The van der Waals surface area contributed by atoms with E-state index in [-0.39, 0.29) is 0 Å². The minimum Gasteiger partial charge on any atom is -0.300 e. The molecule has 0 aliphatic heterocycles. The summed E-state index contributed by atoms with van der Waals surface area (Å²) >= 11 is 0. The van der Waals surface area contributed by atoms with E-state index < -0.39 is 0 Å². The Morgan fingerprint density at radius 1 is 1.24 bits per heavy atom. The van der Waals surface area contributed by atoms with Gasteiger partial charge in [0.2, 0.25) is 0 Å². The van der Waals surface area contributed by atoms with Crippen molar-refractivity contribution in [3.8, 4) is 0 Å². The maximum Gasteiger partial charge on any atom is 0.136 e. The van der Waals surface area contributed by atoms with E-state index in [1.807, 2.05) is 23.0 Å². The van der Waals surface area contributed by atoms with Gasteiger partial charge in [-0.1, -0.05) is 11.6 Å². The van der Waals surface area contributed by atoms with Gasteiger partial charge < -0.3 is 0 Å². The number of Topliss-reactive ketones (excluding diaryl/α,β-unsaturated/α-hetero) is 1. The molecule has 86 valence electrons. The standard InChI is InChI=1S/C13H13N3O/c17-12-3-1-10(2-4-12)7-11-5-6-16-13(11)8-14-9-15-16/h5-9H,1-4H2. The molecule has 0 N–H and O–H groups in total. The molecule has 0 spiro atoms. The summed E-state index contributed by atoms with van der Waals surface area (Å²) in [4.78, 5) is 15.2. The van der Waals surface area contributed by atoms with Crippen LogP contribution in [0.3, 0.4) is 0 Å². The summed E-state index contributed by atoms with van der Waals surface area (Å²) < 4.78 is 1.81. The molecule has 1 fully saturated rings. The molecular formula is C13H13N3O. The average Bonchev–Trinajstić information content (AvgIpc) is 2.76. The van der Waals surface area contributed by atoms with Gasteiger partial charge >= 0.3 is 0 Å². The van der Waals surface area contributed by atoms with E-state index in [0.717, 1.165) is 23.9 Å². The fourth-order valence-electron chi connectivity index (χ4n) is 2.21.